The normalized spacial score (nSPS) is 16.1. The molecule has 1 fully saturated rings. The van der Waals surface area contributed by atoms with Crippen molar-refractivity contribution in [2.24, 2.45) is 11.7 Å². The van der Waals surface area contributed by atoms with Crippen LogP contribution in [0.2, 0.25) is 0 Å². The Morgan fingerprint density at radius 1 is 1.07 bits per heavy atom. The van der Waals surface area contributed by atoms with Crippen molar-refractivity contribution >= 4 is 23.2 Å². The smallest absolute Gasteiger partial charge is 0.231 e. The van der Waals surface area contributed by atoms with Crippen molar-refractivity contribution in [3.8, 4) is 11.5 Å². The molecule has 0 aromatic heterocycles. The highest BCUT2D eigenvalue weighted by molar-refractivity contribution is 5.95. The van der Waals surface area contributed by atoms with E-state index in [1.807, 2.05) is 42.5 Å². The van der Waals surface area contributed by atoms with Crippen molar-refractivity contribution in [2.75, 3.05) is 30.1 Å². The molecule has 2 aliphatic heterocycles. The van der Waals surface area contributed by atoms with Gasteiger partial charge in [-0.15, -0.1) is 0 Å². The minimum atomic E-state index is -0.232. The molecule has 2 aliphatic rings. The molecule has 2 amide bonds. The first-order valence-electron chi connectivity index (χ1n) is 9.42. The molecule has 0 bridgehead atoms. The number of nitrogens with zero attached hydrogens (tertiary/aromatic N) is 1. The first-order chi connectivity index (χ1) is 13.6. The molecule has 0 saturated carbocycles. The first-order valence-corrected chi connectivity index (χ1v) is 9.42. The lowest BCUT2D eigenvalue weighted by molar-refractivity contribution is -0.122. The van der Waals surface area contributed by atoms with Gasteiger partial charge in [-0.05, 0) is 42.7 Å². The highest BCUT2D eigenvalue weighted by Gasteiger charge is 2.24. The number of carbonyl (C=O) groups excluding carboxylic acids is 2. The minimum absolute atomic E-state index is 0.0657. The maximum absolute atomic E-state index is 12.6. The summed E-state index contributed by atoms with van der Waals surface area (Å²) in [5.74, 6) is 0.976. The van der Waals surface area contributed by atoms with Crippen molar-refractivity contribution in [3.05, 3.63) is 48.0 Å². The summed E-state index contributed by atoms with van der Waals surface area (Å²) in [6.45, 7) is 1.69. The fraction of sp³-hybridized carbons (Fsp3) is 0.333. The molecule has 7 heteroatoms. The van der Waals surface area contributed by atoms with Crippen molar-refractivity contribution < 1.29 is 19.1 Å². The molecule has 1 saturated heterocycles. The van der Waals surface area contributed by atoms with Crippen LogP contribution in [0.25, 0.3) is 0 Å². The van der Waals surface area contributed by atoms with E-state index >= 15 is 0 Å². The highest BCUT2D eigenvalue weighted by Crippen LogP contribution is 2.33. The number of fused-ring (bicyclic) bond motifs is 1. The summed E-state index contributed by atoms with van der Waals surface area (Å²) in [5.41, 5.74) is 8.02. The van der Waals surface area contributed by atoms with Crippen molar-refractivity contribution in [3.63, 3.8) is 0 Å². The monoisotopic (exact) mass is 381 g/mol. The van der Waals surface area contributed by atoms with Crippen molar-refractivity contribution in [1.29, 1.82) is 0 Å². The number of para-hydroxylation sites is 2. The Kier molecular flexibility index (Phi) is 5.06. The van der Waals surface area contributed by atoms with Gasteiger partial charge in [0.15, 0.2) is 11.5 Å². The Bertz CT molecular complexity index is 891. The molecule has 146 valence electrons. The number of carbonyl (C=O) groups is 2. The Hall–Kier alpha value is -3.22. The molecule has 4 rings (SSSR count). The largest absolute Gasteiger partial charge is 0.454 e. The second-order valence-electron chi connectivity index (χ2n) is 7.09. The molecule has 0 aliphatic carbocycles. The maximum atomic E-state index is 12.6. The molecule has 2 heterocycles. The zero-order valence-corrected chi connectivity index (χ0v) is 15.5. The Morgan fingerprint density at radius 3 is 2.61 bits per heavy atom. The molecule has 2 aromatic carbocycles. The van der Waals surface area contributed by atoms with E-state index in [1.54, 1.807) is 0 Å². The van der Waals surface area contributed by atoms with Crippen LogP contribution in [0.4, 0.5) is 11.4 Å². The van der Waals surface area contributed by atoms with E-state index in [-0.39, 0.29) is 30.9 Å². The Labute approximate surface area is 163 Å². The van der Waals surface area contributed by atoms with E-state index in [0.29, 0.717) is 11.5 Å². The molecule has 7 nitrogen and oxygen atoms in total. The zero-order valence-electron chi connectivity index (χ0n) is 15.5. The second kappa shape index (κ2) is 7.80. The van der Waals surface area contributed by atoms with Gasteiger partial charge >= 0.3 is 0 Å². The van der Waals surface area contributed by atoms with Crippen LogP contribution >= 0.6 is 0 Å². The van der Waals surface area contributed by atoms with Gasteiger partial charge in [0.2, 0.25) is 18.6 Å². The van der Waals surface area contributed by atoms with E-state index < -0.39 is 0 Å². The molecule has 0 radical (unpaired) electrons. The third-order valence-electron chi connectivity index (χ3n) is 5.22. The third kappa shape index (κ3) is 3.88. The summed E-state index contributed by atoms with van der Waals surface area (Å²) in [6, 6.07) is 13.3. The van der Waals surface area contributed by atoms with Gasteiger partial charge in [0.25, 0.3) is 0 Å². The third-order valence-corrected chi connectivity index (χ3v) is 5.22. The van der Waals surface area contributed by atoms with Crippen LogP contribution < -0.4 is 25.4 Å². The molecule has 0 unspecified atom stereocenters. The summed E-state index contributed by atoms with van der Waals surface area (Å²) in [4.78, 5) is 26.2. The Morgan fingerprint density at radius 2 is 1.82 bits per heavy atom. The summed E-state index contributed by atoms with van der Waals surface area (Å²) < 4.78 is 10.7. The summed E-state index contributed by atoms with van der Waals surface area (Å²) in [5, 5.41) is 3.01. The average Bonchev–Trinajstić information content (AvgIpc) is 3.16. The Balaban J connectivity index is 1.42. The van der Waals surface area contributed by atoms with E-state index in [2.05, 4.69) is 10.2 Å². The van der Waals surface area contributed by atoms with Gasteiger partial charge in [0.1, 0.15) is 0 Å². The van der Waals surface area contributed by atoms with Crippen molar-refractivity contribution in [1.82, 2.24) is 0 Å². The molecule has 28 heavy (non-hydrogen) atoms. The predicted molar refractivity (Wildman–Crippen MR) is 105 cm³/mol. The number of amides is 2. The van der Waals surface area contributed by atoms with Crippen LogP contribution in [0.5, 0.6) is 11.5 Å². The number of hydrogen-bond donors (Lipinski definition) is 2. The molecular formula is C21H23N3O4. The zero-order chi connectivity index (χ0) is 19.5. The van der Waals surface area contributed by atoms with E-state index in [4.69, 9.17) is 15.2 Å². The number of nitrogens with two attached hydrogens (primary N) is 1. The topological polar surface area (TPSA) is 93.9 Å². The fourth-order valence-electron chi connectivity index (χ4n) is 3.69. The molecule has 0 atom stereocenters. The first kappa shape index (κ1) is 18.2. The number of rotatable bonds is 5. The SMILES string of the molecule is NC(=O)C1CCN(c2ccccc2NC(=O)Cc2ccc3c(c2)OCO3)CC1. The van der Waals surface area contributed by atoms with Crippen LogP contribution in [-0.2, 0) is 16.0 Å². The standard InChI is InChI=1S/C21H23N3O4/c22-21(26)15-7-9-24(10-8-15)17-4-2-1-3-16(17)23-20(25)12-14-5-6-18-19(11-14)28-13-27-18/h1-6,11,15H,7-10,12-13H2,(H2,22,26)(H,23,25). The fourth-order valence-corrected chi connectivity index (χ4v) is 3.69. The molecule has 0 spiro atoms. The van der Waals surface area contributed by atoms with Gasteiger partial charge in [-0.3, -0.25) is 9.59 Å². The summed E-state index contributed by atoms with van der Waals surface area (Å²) >= 11 is 0. The van der Waals surface area contributed by atoms with Crippen LogP contribution in [-0.4, -0.2) is 31.7 Å². The van der Waals surface area contributed by atoms with Crippen molar-refractivity contribution in [2.45, 2.75) is 19.3 Å². The number of benzene rings is 2. The van der Waals surface area contributed by atoms with Gasteiger partial charge in [-0.1, -0.05) is 18.2 Å². The quantitative estimate of drug-likeness (QED) is 0.829. The number of ether oxygens (including phenoxy) is 2. The van der Waals surface area contributed by atoms with Gasteiger partial charge < -0.3 is 25.4 Å². The van der Waals surface area contributed by atoms with Crippen LogP contribution in [0.1, 0.15) is 18.4 Å². The van der Waals surface area contributed by atoms with Crippen LogP contribution in [0.3, 0.4) is 0 Å². The molecule has 3 N–H and O–H groups in total. The average molecular weight is 381 g/mol. The van der Waals surface area contributed by atoms with E-state index in [0.717, 1.165) is 42.9 Å². The number of primary amides is 1. The van der Waals surface area contributed by atoms with Gasteiger partial charge in [0, 0.05) is 19.0 Å². The maximum Gasteiger partial charge on any atom is 0.231 e. The van der Waals surface area contributed by atoms with E-state index in [9.17, 15) is 9.59 Å². The van der Waals surface area contributed by atoms with Gasteiger partial charge in [-0.25, -0.2) is 0 Å². The van der Waals surface area contributed by atoms with Crippen LogP contribution in [0.15, 0.2) is 42.5 Å². The number of piperidine rings is 1. The lowest BCUT2D eigenvalue weighted by atomic mass is 9.96. The highest BCUT2D eigenvalue weighted by atomic mass is 16.7. The number of nitrogens with one attached hydrogen (secondary N) is 1. The van der Waals surface area contributed by atoms with Gasteiger partial charge in [-0.2, -0.15) is 0 Å². The summed E-state index contributed by atoms with van der Waals surface area (Å²) in [6.07, 6.45) is 1.71. The van der Waals surface area contributed by atoms with E-state index in [1.165, 1.54) is 0 Å². The lowest BCUT2D eigenvalue weighted by Gasteiger charge is -2.33. The number of anilines is 2. The van der Waals surface area contributed by atoms with Gasteiger partial charge in [0.05, 0.1) is 17.8 Å². The van der Waals surface area contributed by atoms with Crippen LogP contribution in [0, 0.1) is 5.92 Å². The molecule has 2 aromatic rings. The minimum Gasteiger partial charge on any atom is -0.454 e. The number of hydrogen-bond acceptors (Lipinski definition) is 5. The second-order valence-corrected chi connectivity index (χ2v) is 7.09. The molecular weight excluding hydrogens is 358 g/mol. The summed E-state index contributed by atoms with van der Waals surface area (Å²) in [7, 11) is 0. The predicted octanol–water partition coefficient (Wildman–Crippen LogP) is 2.30. The lowest BCUT2D eigenvalue weighted by Crippen LogP contribution is -2.38.